The number of aromatic nitrogens is 3. The van der Waals surface area contributed by atoms with E-state index in [1.807, 2.05) is 14.1 Å². The van der Waals surface area contributed by atoms with Crippen molar-refractivity contribution < 1.29 is 5.11 Å². The van der Waals surface area contributed by atoms with Crippen LogP contribution in [0.4, 0.5) is 17.8 Å². The second kappa shape index (κ2) is 8.44. The largest absolute Gasteiger partial charge is 0.396 e. The van der Waals surface area contributed by atoms with Gasteiger partial charge in [-0.3, -0.25) is 5.43 Å². The van der Waals surface area contributed by atoms with E-state index in [9.17, 15) is 0 Å². The van der Waals surface area contributed by atoms with Crippen LogP contribution in [0, 0.1) is 0 Å². The van der Waals surface area contributed by atoms with Gasteiger partial charge in [0, 0.05) is 27.2 Å². The molecule has 1 heterocycles. The van der Waals surface area contributed by atoms with Gasteiger partial charge >= 0.3 is 0 Å². The van der Waals surface area contributed by atoms with Gasteiger partial charge in [0.05, 0.1) is 0 Å². The van der Waals surface area contributed by atoms with Crippen molar-refractivity contribution in [1.29, 1.82) is 0 Å². The predicted octanol–water partition coefficient (Wildman–Crippen LogP) is 0.188. The molecule has 0 amide bonds. The molecule has 1 rings (SSSR count). The Morgan fingerprint density at radius 1 is 1.05 bits per heavy atom. The molecule has 0 saturated heterocycles. The zero-order valence-electron chi connectivity index (χ0n) is 11.6. The molecule has 0 fully saturated rings. The molecular formula is C11H23N7O. The molecule has 8 nitrogen and oxygen atoms in total. The third kappa shape index (κ3) is 5.66. The van der Waals surface area contributed by atoms with Gasteiger partial charge in [0.15, 0.2) is 0 Å². The Bertz CT molecular complexity index is 372. The molecule has 0 saturated carbocycles. The molecule has 0 spiro atoms. The van der Waals surface area contributed by atoms with Crippen LogP contribution in [0.5, 0.6) is 0 Å². The van der Waals surface area contributed by atoms with Gasteiger partial charge in [-0.25, -0.2) is 5.84 Å². The van der Waals surface area contributed by atoms with Crippen LogP contribution in [-0.4, -0.2) is 47.3 Å². The van der Waals surface area contributed by atoms with Crippen LogP contribution >= 0.6 is 0 Å². The third-order valence-corrected chi connectivity index (χ3v) is 2.52. The first-order chi connectivity index (χ1) is 9.17. The van der Waals surface area contributed by atoms with Crippen molar-refractivity contribution in [2.75, 3.05) is 42.9 Å². The number of rotatable bonds is 9. The zero-order valence-corrected chi connectivity index (χ0v) is 11.6. The van der Waals surface area contributed by atoms with Gasteiger partial charge in [0.25, 0.3) is 0 Å². The lowest BCUT2D eigenvalue weighted by Gasteiger charge is -2.13. The first-order valence-electron chi connectivity index (χ1n) is 6.42. The first-order valence-corrected chi connectivity index (χ1v) is 6.42. The second-order valence-corrected chi connectivity index (χ2v) is 4.39. The van der Waals surface area contributed by atoms with Gasteiger partial charge in [-0.2, -0.15) is 15.0 Å². The van der Waals surface area contributed by atoms with Crippen LogP contribution in [0.2, 0.25) is 0 Å². The smallest absolute Gasteiger partial charge is 0.243 e. The van der Waals surface area contributed by atoms with E-state index in [4.69, 9.17) is 10.9 Å². The summed E-state index contributed by atoms with van der Waals surface area (Å²) >= 11 is 0. The topological polar surface area (TPSA) is 112 Å². The second-order valence-electron chi connectivity index (χ2n) is 4.39. The molecule has 8 heteroatoms. The van der Waals surface area contributed by atoms with E-state index in [1.54, 1.807) is 4.90 Å². The quantitative estimate of drug-likeness (QED) is 0.285. The fourth-order valence-corrected chi connectivity index (χ4v) is 1.50. The van der Waals surface area contributed by atoms with Crippen molar-refractivity contribution in [3.05, 3.63) is 0 Å². The van der Waals surface area contributed by atoms with Crippen molar-refractivity contribution >= 4 is 17.8 Å². The Morgan fingerprint density at radius 2 is 1.74 bits per heavy atom. The summed E-state index contributed by atoms with van der Waals surface area (Å²) in [5.41, 5.74) is 2.42. The maximum atomic E-state index is 8.67. The molecule has 0 aromatic carbocycles. The number of nitrogens with one attached hydrogen (secondary N) is 2. The van der Waals surface area contributed by atoms with Crippen molar-refractivity contribution in [1.82, 2.24) is 15.0 Å². The zero-order chi connectivity index (χ0) is 14.1. The van der Waals surface area contributed by atoms with Crippen LogP contribution in [0.15, 0.2) is 0 Å². The van der Waals surface area contributed by atoms with Gasteiger partial charge in [-0.1, -0.05) is 12.8 Å². The minimum Gasteiger partial charge on any atom is -0.396 e. The number of anilines is 3. The van der Waals surface area contributed by atoms with Crippen LogP contribution in [-0.2, 0) is 0 Å². The number of nitrogens with two attached hydrogens (primary N) is 1. The highest BCUT2D eigenvalue weighted by Crippen LogP contribution is 2.10. The SMILES string of the molecule is CN(C)c1nc(NN)nc(NCCCCCCO)n1. The molecule has 0 bridgehead atoms. The number of hydrogen-bond acceptors (Lipinski definition) is 8. The molecule has 0 atom stereocenters. The number of hydrogen-bond donors (Lipinski definition) is 4. The molecule has 5 N–H and O–H groups in total. The number of unbranched alkanes of at least 4 members (excludes halogenated alkanes) is 3. The Morgan fingerprint density at radius 3 is 2.37 bits per heavy atom. The molecule has 0 unspecified atom stereocenters. The van der Waals surface area contributed by atoms with Gasteiger partial charge in [-0.15, -0.1) is 0 Å². The highest BCUT2D eigenvalue weighted by atomic mass is 16.2. The van der Waals surface area contributed by atoms with Crippen molar-refractivity contribution in [2.24, 2.45) is 5.84 Å². The number of aliphatic hydroxyl groups excluding tert-OH is 1. The Kier molecular flexibility index (Phi) is 6.83. The highest BCUT2D eigenvalue weighted by Gasteiger charge is 2.06. The maximum Gasteiger partial charge on any atom is 0.243 e. The van der Waals surface area contributed by atoms with Crippen LogP contribution in [0.1, 0.15) is 25.7 Å². The summed E-state index contributed by atoms with van der Waals surface area (Å²) in [6, 6.07) is 0. The van der Waals surface area contributed by atoms with Crippen LogP contribution in [0.3, 0.4) is 0 Å². The monoisotopic (exact) mass is 269 g/mol. The van der Waals surface area contributed by atoms with E-state index in [1.165, 1.54) is 0 Å². The molecule has 0 aliphatic rings. The predicted molar refractivity (Wildman–Crippen MR) is 76.0 cm³/mol. The summed E-state index contributed by atoms with van der Waals surface area (Å²) < 4.78 is 0. The molecule has 1 aromatic rings. The fraction of sp³-hybridized carbons (Fsp3) is 0.727. The molecule has 0 aliphatic heterocycles. The lowest BCUT2D eigenvalue weighted by Crippen LogP contribution is -2.19. The maximum absolute atomic E-state index is 8.67. The van der Waals surface area contributed by atoms with E-state index >= 15 is 0 Å². The average molecular weight is 269 g/mol. The van der Waals surface area contributed by atoms with E-state index < -0.39 is 0 Å². The van der Waals surface area contributed by atoms with Crippen molar-refractivity contribution in [3.8, 4) is 0 Å². The van der Waals surface area contributed by atoms with Crippen LogP contribution < -0.4 is 21.5 Å². The number of hydrazine groups is 1. The van der Waals surface area contributed by atoms with E-state index in [0.717, 1.165) is 32.2 Å². The summed E-state index contributed by atoms with van der Waals surface area (Å²) in [5.74, 6) is 6.71. The molecule has 0 radical (unpaired) electrons. The normalized spacial score (nSPS) is 10.3. The van der Waals surface area contributed by atoms with Crippen molar-refractivity contribution in [3.63, 3.8) is 0 Å². The first kappa shape index (κ1) is 15.4. The average Bonchev–Trinajstić information content (AvgIpc) is 2.42. The Balaban J connectivity index is 2.46. The molecule has 0 aliphatic carbocycles. The number of nitrogen functional groups attached to an aromatic ring is 1. The van der Waals surface area contributed by atoms with Crippen LogP contribution in [0.25, 0.3) is 0 Å². The minimum atomic E-state index is 0.263. The van der Waals surface area contributed by atoms with Gasteiger partial charge in [0.1, 0.15) is 0 Å². The lowest BCUT2D eigenvalue weighted by atomic mass is 10.2. The van der Waals surface area contributed by atoms with E-state index in [0.29, 0.717) is 17.8 Å². The van der Waals surface area contributed by atoms with Gasteiger partial charge in [-0.05, 0) is 12.8 Å². The van der Waals surface area contributed by atoms with Gasteiger partial charge < -0.3 is 15.3 Å². The summed E-state index contributed by atoms with van der Waals surface area (Å²) in [6.07, 6.45) is 3.97. The third-order valence-electron chi connectivity index (χ3n) is 2.52. The summed E-state index contributed by atoms with van der Waals surface area (Å²) in [7, 11) is 3.71. The highest BCUT2D eigenvalue weighted by molar-refractivity contribution is 5.42. The summed E-state index contributed by atoms with van der Waals surface area (Å²) in [5, 5.41) is 11.8. The van der Waals surface area contributed by atoms with E-state index in [-0.39, 0.29) is 6.61 Å². The standard InChI is InChI=1S/C11H23N7O/c1-18(2)11-15-9(14-10(16-11)17-12)13-7-5-3-4-6-8-19/h19H,3-8,12H2,1-2H3,(H2,13,14,15,16,17). The minimum absolute atomic E-state index is 0.263. The lowest BCUT2D eigenvalue weighted by molar-refractivity contribution is 0.283. The van der Waals surface area contributed by atoms with Gasteiger partial charge in [0.2, 0.25) is 17.8 Å². The van der Waals surface area contributed by atoms with E-state index in [2.05, 4.69) is 25.7 Å². The number of aliphatic hydroxyl groups is 1. The molecule has 1 aromatic heterocycles. The summed E-state index contributed by atoms with van der Waals surface area (Å²) in [4.78, 5) is 14.3. The summed E-state index contributed by atoms with van der Waals surface area (Å²) in [6.45, 7) is 1.05. The Labute approximate surface area is 113 Å². The fourth-order valence-electron chi connectivity index (χ4n) is 1.50. The number of nitrogens with zero attached hydrogens (tertiary/aromatic N) is 4. The van der Waals surface area contributed by atoms with Crippen molar-refractivity contribution in [2.45, 2.75) is 25.7 Å². The molecule has 19 heavy (non-hydrogen) atoms. The Hall–Kier alpha value is -1.67. The molecule has 108 valence electrons. The molecular weight excluding hydrogens is 246 g/mol.